The molecule has 0 atom stereocenters. The minimum absolute atomic E-state index is 0.855. The Hall–Kier alpha value is -8.14. The van der Waals surface area contributed by atoms with E-state index < -0.39 is 0 Å². The van der Waals surface area contributed by atoms with Gasteiger partial charge in [0, 0.05) is 50.8 Å². The van der Waals surface area contributed by atoms with E-state index in [1.807, 2.05) is 0 Å². The van der Waals surface area contributed by atoms with Crippen molar-refractivity contribution in [1.82, 2.24) is 0 Å². The lowest BCUT2D eigenvalue weighted by Gasteiger charge is -2.31. The third kappa shape index (κ3) is 6.76. The SMILES string of the molecule is Cc1cccc2oc3cc(N(c4cccc(N(c5ccc(-c6ccccc6)cc5)c5ccc(-c6ccccc6)cc5)c4)c4ccc5ccccc5c4-c4ccccc4)ccc3c12. The molecule has 0 N–H and O–H groups in total. The third-order valence-corrected chi connectivity index (χ3v) is 12.0. The molecule has 0 aliphatic carbocycles. The van der Waals surface area contributed by atoms with E-state index in [9.17, 15) is 0 Å². The van der Waals surface area contributed by atoms with Crippen LogP contribution in [0.25, 0.3) is 66.1 Å². The first-order chi connectivity index (χ1) is 30.7. The van der Waals surface area contributed by atoms with Gasteiger partial charge in [-0.1, -0.05) is 164 Å². The molecule has 0 saturated heterocycles. The van der Waals surface area contributed by atoms with Crippen molar-refractivity contribution in [3.05, 3.63) is 242 Å². The molecular formula is C59H42N2O. The second kappa shape index (κ2) is 15.8. The molecule has 10 aromatic carbocycles. The summed E-state index contributed by atoms with van der Waals surface area (Å²) >= 11 is 0. The fraction of sp³-hybridized carbons (Fsp3) is 0.0169. The summed E-state index contributed by atoms with van der Waals surface area (Å²) in [5.74, 6) is 0. The predicted octanol–water partition coefficient (Wildman–Crippen LogP) is 17.0. The Morgan fingerprint density at radius 1 is 0.323 bits per heavy atom. The monoisotopic (exact) mass is 794 g/mol. The molecule has 1 aromatic heterocycles. The number of hydrogen-bond donors (Lipinski definition) is 0. The van der Waals surface area contributed by atoms with Gasteiger partial charge in [0.15, 0.2) is 0 Å². The standard InChI is InChI=1S/C59H42N2O/c1-41-15-13-26-56-58(41)54-37-36-52(40-57(54)62-56)61(55-38-31-46-20-11-12-25-53(46)59(55)47-21-9-4-10-22-47)51-24-14-23-50(39-51)60(48-32-27-44(28-33-48)42-16-5-2-6-17-42)49-34-29-45(30-35-49)43-18-7-3-8-19-43/h2-40H,1H3. The molecule has 0 amide bonds. The van der Waals surface area contributed by atoms with Crippen LogP contribution in [0, 0.1) is 6.92 Å². The summed E-state index contributed by atoms with van der Waals surface area (Å²) < 4.78 is 6.61. The van der Waals surface area contributed by atoms with Crippen molar-refractivity contribution in [1.29, 1.82) is 0 Å². The highest BCUT2D eigenvalue weighted by atomic mass is 16.3. The second-order valence-electron chi connectivity index (χ2n) is 15.8. The summed E-state index contributed by atoms with van der Waals surface area (Å²) in [5, 5.41) is 4.65. The minimum Gasteiger partial charge on any atom is -0.456 e. The van der Waals surface area contributed by atoms with Crippen molar-refractivity contribution >= 4 is 66.8 Å². The van der Waals surface area contributed by atoms with E-state index in [2.05, 4.69) is 253 Å². The van der Waals surface area contributed by atoms with Crippen molar-refractivity contribution in [2.45, 2.75) is 6.92 Å². The molecule has 0 radical (unpaired) electrons. The second-order valence-corrected chi connectivity index (χ2v) is 15.8. The van der Waals surface area contributed by atoms with Crippen molar-refractivity contribution in [3.63, 3.8) is 0 Å². The maximum atomic E-state index is 6.61. The van der Waals surface area contributed by atoms with E-state index in [4.69, 9.17) is 4.42 Å². The lowest BCUT2D eigenvalue weighted by molar-refractivity contribution is 0.669. The molecule has 0 unspecified atom stereocenters. The highest BCUT2D eigenvalue weighted by Gasteiger charge is 2.23. The van der Waals surface area contributed by atoms with E-state index in [1.54, 1.807) is 0 Å². The molecule has 11 aromatic rings. The van der Waals surface area contributed by atoms with E-state index in [0.717, 1.165) is 61.6 Å². The molecule has 0 fully saturated rings. The van der Waals surface area contributed by atoms with Gasteiger partial charge in [0.2, 0.25) is 0 Å². The summed E-state index contributed by atoms with van der Waals surface area (Å²) in [6.45, 7) is 2.15. The van der Waals surface area contributed by atoms with Crippen LogP contribution in [-0.2, 0) is 0 Å². The average Bonchev–Trinajstić information content (AvgIpc) is 3.72. The zero-order valence-corrected chi connectivity index (χ0v) is 34.3. The van der Waals surface area contributed by atoms with Crippen LogP contribution in [0.2, 0.25) is 0 Å². The van der Waals surface area contributed by atoms with Gasteiger partial charge in [-0.2, -0.15) is 0 Å². The number of furan rings is 1. The molecule has 11 rings (SSSR count). The third-order valence-electron chi connectivity index (χ3n) is 12.0. The molecule has 0 saturated carbocycles. The first-order valence-corrected chi connectivity index (χ1v) is 21.2. The molecule has 0 aliphatic heterocycles. The predicted molar refractivity (Wildman–Crippen MR) is 262 cm³/mol. The van der Waals surface area contributed by atoms with Crippen LogP contribution in [0.5, 0.6) is 0 Å². The first kappa shape index (κ1) is 36.9. The summed E-state index contributed by atoms with van der Waals surface area (Å²) in [7, 11) is 0. The van der Waals surface area contributed by atoms with Crippen LogP contribution in [0.15, 0.2) is 241 Å². The molecule has 62 heavy (non-hydrogen) atoms. The molecule has 3 nitrogen and oxygen atoms in total. The average molecular weight is 795 g/mol. The van der Waals surface area contributed by atoms with Crippen LogP contribution in [0.1, 0.15) is 5.56 Å². The highest BCUT2D eigenvalue weighted by molar-refractivity contribution is 6.09. The van der Waals surface area contributed by atoms with E-state index in [-0.39, 0.29) is 0 Å². The van der Waals surface area contributed by atoms with Crippen LogP contribution < -0.4 is 9.80 Å². The summed E-state index contributed by atoms with van der Waals surface area (Å²) in [4.78, 5) is 4.75. The Morgan fingerprint density at radius 2 is 0.839 bits per heavy atom. The van der Waals surface area contributed by atoms with Crippen LogP contribution in [-0.4, -0.2) is 0 Å². The Labute approximate surface area is 362 Å². The lowest BCUT2D eigenvalue weighted by atomic mass is 9.95. The molecular weight excluding hydrogens is 753 g/mol. The fourth-order valence-electron chi connectivity index (χ4n) is 9.00. The Morgan fingerprint density at radius 3 is 1.48 bits per heavy atom. The number of benzene rings is 10. The fourth-order valence-corrected chi connectivity index (χ4v) is 9.00. The van der Waals surface area contributed by atoms with Crippen molar-refractivity contribution in [2.24, 2.45) is 0 Å². The number of rotatable bonds is 9. The van der Waals surface area contributed by atoms with Gasteiger partial charge in [0.25, 0.3) is 0 Å². The van der Waals surface area contributed by atoms with Crippen LogP contribution >= 0.6 is 0 Å². The topological polar surface area (TPSA) is 19.6 Å². The molecule has 0 spiro atoms. The maximum absolute atomic E-state index is 6.61. The van der Waals surface area contributed by atoms with Gasteiger partial charge >= 0.3 is 0 Å². The Bertz CT molecular complexity index is 3250. The summed E-state index contributed by atoms with van der Waals surface area (Å²) in [6.07, 6.45) is 0. The zero-order valence-electron chi connectivity index (χ0n) is 34.3. The van der Waals surface area contributed by atoms with Gasteiger partial charge in [0.05, 0.1) is 5.69 Å². The highest BCUT2D eigenvalue weighted by Crippen LogP contribution is 2.47. The number of fused-ring (bicyclic) bond motifs is 4. The molecule has 0 bridgehead atoms. The van der Waals surface area contributed by atoms with Crippen LogP contribution in [0.3, 0.4) is 0 Å². The van der Waals surface area contributed by atoms with Crippen molar-refractivity contribution in [3.8, 4) is 33.4 Å². The van der Waals surface area contributed by atoms with Gasteiger partial charge in [-0.05, 0) is 118 Å². The van der Waals surface area contributed by atoms with Crippen molar-refractivity contribution < 1.29 is 4.42 Å². The van der Waals surface area contributed by atoms with Gasteiger partial charge in [-0.3, -0.25) is 0 Å². The number of anilines is 6. The number of hydrogen-bond acceptors (Lipinski definition) is 3. The van der Waals surface area contributed by atoms with Gasteiger partial charge in [-0.15, -0.1) is 0 Å². The zero-order chi connectivity index (χ0) is 41.4. The smallest absolute Gasteiger partial charge is 0.137 e. The molecule has 0 aliphatic rings. The largest absolute Gasteiger partial charge is 0.456 e. The van der Waals surface area contributed by atoms with Gasteiger partial charge < -0.3 is 14.2 Å². The molecule has 1 heterocycles. The normalized spacial score (nSPS) is 11.3. The maximum Gasteiger partial charge on any atom is 0.137 e. The van der Waals surface area contributed by atoms with E-state index in [1.165, 1.54) is 44.2 Å². The number of nitrogens with zero attached hydrogens (tertiary/aromatic N) is 2. The van der Waals surface area contributed by atoms with Crippen molar-refractivity contribution in [2.75, 3.05) is 9.80 Å². The molecule has 3 heteroatoms. The van der Waals surface area contributed by atoms with E-state index in [0.29, 0.717) is 0 Å². The van der Waals surface area contributed by atoms with Crippen LogP contribution in [0.4, 0.5) is 34.1 Å². The lowest BCUT2D eigenvalue weighted by Crippen LogP contribution is -2.14. The summed E-state index contributed by atoms with van der Waals surface area (Å²) in [5.41, 5.74) is 16.3. The Kier molecular flexibility index (Phi) is 9.40. The van der Waals surface area contributed by atoms with E-state index >= 15 is 0 Å². The summed E-state index contributed by atoms with van der Waals surface area (Å²) in [6, 6.07) is 84.7. The number of aryl methyl sites for hydroxylation is 1. The van der Waals surface area contributed by atoms with Gasteiger partial charge in [-0.25, -0.2) is 0 Å². The molecule has 294 valence electrons. The Balaban J connectivity index is 1.12. The minimum atomic E-state index is 0.855. The first-order valence-electron chi connectivity index (χ1n) is 21.2. The quantitative estimate of drug-likeness (QED) is 0.145. The van der Waals surface area contributed by atoms with Gasteiger partial charge in [0.1, 0.15) is 11.2 Å².